The second-order valence-electron chi connectivity index (χ2n) is 4.36. The molecule has 4 nitrogen and oxygen atoms in total. The van der Waals surface area contributed by atoms with Crippen molar-refractivity contribution in [3.63, 3.8) is 0 Å². The SMILES string of the molecule is CCc1nn(CCOC)cc1-c1ccc(O)c(F)c1F. The number of hydrogen-bond donors (Lipinski definition) is 1. The summed E-state index contributed by atoms with van der Waals surface area (Å²) in [5.74, 6) is -3.00. The zero-order chi connectivity index (χ0) is 14.7. The third kappa shape index (κ3) is 2.65. The van der Waals surface area contributed by atoms with E-state index in [-0.39, 0.29) is 5.56 Å². The van der Waals surface area contributed by atoms with Crippen LogP contribution >= 0.6 is 0 Å². The summed E-state index contributed by atoms with van der Waals surface area (Å²) < 4.78 is 34.0. The Morgan fingerprint density at radius 2 is 2.00 bits per heavy atom. The quantitative estimate of drug-likeness (QED) is 0.917. The minimum atomic E-state index is -1.24. The molecule has 0 bridgehead atoms. The predicted octanol–water partition coefficient (Wildman–Crippen LogP) is 2.74. The first-order chi connectivity index (χ1) is 9.58. The van der Waals surface area contributed by atoms with Gasteiger partial charge >= 0.3 is 0 Å². The number of rotatable bonds is 5. The van der Waals surface area contributed by atoms with Crippen LogP contribution in [0.25, 0.3) is 11.1 Å². The Morgan fingerprint density at radius 3 is 2.65 bits per heavy atom. The normalized spacial score (nSPS) is 11.0. The fourth-order valence-corrected chi connectivity index (χ4v) is 1.99. The largest absolute Gasteiger partial charge is 0.505 e. The van der Waals surface area contributed by atoms with Gasteiger partial charge in [0.15, 0.2) is 11.6 Å². The van der Waals surface area contributed by atoms with Crippen molar-refractivity contribution in [3.05, 3.63) is 35.7 Å². The lowest BCUT2D eigenvalue weighted by Gasteiger charge is -2.04. The highest BCUT2D eigenvalue weighted by Crippen LogP contribution is 2.31. The summed E-state index contributed by atoms with van der Waals surface area (Å²) in [6, 6.07) is 2.49. The van der Waals surface area contributed by atoms with Crippen LogP contribution in [0.15, 0.2) is 18.3 Å². The van der Waals surface area contributed by atoms with Crippen LogP contribution in [0.3, 0.4) is 0 Å². The van der Waals surface area contributed by atoms with Crippen LogP contribution in [0.4, 0.5) is 8.78 Å². The topological polar surface area (TPSA) is 47.3 Å². The van der Waals surface area contributed by atoms with Crippen molar-refractivity contribution < 1.29 is 18.6 Å². The Morgan fingerprint density at radius 1 is 1.25 bits per heavy atom. The zero-order valence-electron chi connectivity index (χ0n) is 11.4. The molecular formula is C14H16F2N2O2. The van der Waals surface area contributed by atoms with Crippen LogP contribution in [0.1, 0.15) is 12.6 Å². The molecule has 0 aliphatic heterocycles. The summed E-state index contributed by atoms with van der Waals surface area (Å²) in [6.07, 6.45) is 2.25. The number of nitrogens with zero attached hydrogens (tertiary/aromatic N) is 2. The van der Waals surface area contributed by atoms with Crippen LogP contribution in [0.2, 0.25) is 0 Å². The van der Waals surface area contributed by atoms with Crippen LogP contribution in [0, 0.1) is 11.6 Å². The second-order valence-corrected chi connectivity index (χ2v) is 4.36. The molecule has 0 saturated carbocycles. The van der Waals surface area contributed by atoms with Crippen LogP contribution in [0.5, 0.6) is 5.75 Å². The van der Waals surface area contributed by atoms with Crippen LogP contribution < -0.4 is 0 Å². The molecule has 1 N–H and O–H groups in total. The number of ether oxygens (including phenoxy) is 1. The molecule has 0 aliphatic rings. The Labute approximate surface area is 115 Å². The Hall–Kier alpha value is -1.95. The van der Waals surface area contributed by atoms with E-state index in [0.29, 0.717) is 30.8 Å². The Kier molecular flexibility index (Phi) is 4.34. The van der Waals surface area contributed by atoms with Gasteiger partial charge in [-0.1, -0.05) is 6.92 Å². The minimum Gasteiger partial charge on any atom is -0.505 e. The molecule has 6 heteroatoms. The van der Waals surface area contributed by atoms with E-state index in [2.05, 4.69) is 5.10 Å². The predicted molar refractivity (Wildman–Crippen MR) is 70.5 cm³/mol. The van der Waals surface area contributed by atoms with Gasteiger partial charge in [0.25, 0.3) is 0 Å². The zero-order valence-corrected chi connectivity index (χ0v) is 11.4. The molecule has 2 aromatic rings. The fourth-order valence-electron chi connectivity index (χ4n) is 1.99. The van der Waals surface area contributed by atoms with Gasteiger partial charge in [-0.3, -0.25) is 4.68 Å². The molecular weight excluding hydrogens is 266 g/mol. The first kappa shape index (κ1) is 14.5. The number of methoxy groups -OCH3 is 1. The molecule has 0 radical (unpaired) electrons. The molecule has 1 aromatic heterocycles. The Bertz CT molecular complexity index is 611. The number of benzene rings is 1. The van der Waals surface area contributed by atoms with Crippen LogP contribution in [-0.2, 0) is 17.7 Å². The van der Waals surface area contributed by atoms with Crippen molar-refractivity contribution in [2.45, 2.75) is 19.9 Å². The van der Waals surface area contributed by atoms with Crippen molar-refractivity contribution in [2.24, 2.45) is 0 Å². The fraction of sp³-hybridized carbons (Fsp3) is 0.357. The maximum absolute atomic E-state index is 13.9. The van der Waals surface area contributed by atoms with Gasteiger partial charge in [0.2, 0.25) is 5.82 Å². The van der Waals surface area contributed by atoms with Crippen molar-refractivity contribution in [1.82, 2.24) is 9.78 Å². The monoisotopic (exact) mass is 282 g/mol. The van der Waals surface area contributed by atoms with E-state index in [1.54, 1.807) is 18.0 Å². The van der Waals surface area contributed by atoms with E-state index in [0.717, 1.165) is 6.07 Å². The number of phenolic OH excluding ortho intramolecular Hbond substituents is 1. The first-order valence-electron chi connectivity index (χ1n) is 6.31. The van der Waals surface area contributed by atoms with E-state index in [1.165, 1.54) is 6.07 Å². The van der Waals surface area contributed by atoms with Gasteiger partial charge in [-0.15, -0.1) is 0 Å². The highest BCUT2D eigenvalue weighted by atomic mass is 19.2. The average Bonchev–Trinajstić information content (AvgIpc) is 2.86. The van der Waals surface area contributed by atoms with Gasteiger partial charge in [0.05, 0.1) is 18.8 Å². The maximum Gasteiger partial charge on any atom is 0.200 e. The number of aryl methyl sites for hydroxylation is 1. The number of phenols is 1. The minimum absolute atomic E-state index is 0.0980. The number of hydrogen-bond acceptors (Lipinski definition) is 3. The van der Waals surface area contributed by atoms with E-state index in [9.17, 15) is 8.78 Å². The van der Waals surface area contributed by atoms with Gasteiger partial charge in [0, 0.05) is 24.4 Å². The molecule has 0 unspecified atom stereocenters. The summed E-state index contributed by atoms with van der Waals surface area (Å²) in [5, 5.41) is 13.5. The summed E-state index contributed by atoms with van der Waals surface area (Å²) in [6.45, 7) is 2.91. The van der Waals surface area contributed by atoms with Crippen LogP contribution in [-0.4, -0.2) is 28.6 Å². The average molecular weight is 282 g/mol. The molecule has 108 valence electrons. The summed E-state index contributed by atoms with van der Waals surface area (Å²) in [4.78, 5) is 0. The van der Waals surface area contributed by atoms with Crippen molar-refractivity contribution in [3.8, 4) is 16.9 Å². The molecule has 0 fully saturated rings. The van der Waals surface area contributed by atoms with Gasteiger partial charge < -0.3 is 9.84 Å². The standard InChI is InChI=1S/C14H16F2N2O2/c1-3-11-10(8-18(17-11)6-7-20-2)9-4-5-12(19)14(16)13(9)15/h4-5,8,19H,3,6-7H2,1-2H3. The first-order valence-corrected chi connectivity index (χ1v) is 6.31. The third-order valence-corrected chi connectivity index (χ3v) is 3.05. The molecule has 1 heterocycles. The van der Waals surface area contributed by atoms with Gasteiger partial charge in [-0.25, -0.2) is 4.39 Å². The number of aromatic nitrogens is 2. The molecule has 0 atom stereocenters. The van der Waals surface area contributed by atoms with E-state index < -0.39 is 17.4 Å². The smallest absolute Gasteiger partial charge is 0.200 e. The van der Waals surface area contributed by atoms with Crippen molar-refractivity contribution >= 4 is 0 Å². The molecule has 20 heavy (non-hydrogen) atoms. The molecule has 0 saturated heterocycles. The lowest BCUT2D eigenvalue weighted by Crippen LogP contribution is -2.04. The van der Waals surface area contributed by atoms with Gasteiger partial charge in [-0.05, 0) is 18.6 Å². The number of halogens is 2. The van der Waals surface area contributed by atoms with Crippen molar-refractivity contribution in [1.29, 1.82) is 0 Å². The lowest BCUT2D eigenvalue weighted by atomic mass is 10.0. The molecule has 2 rings (SSSR count). The third-order valence-electron chi connectivity index (χ3n) is 3.05. The molecule has 0 aliphatic carbocycles. The van der Waals surface area contributed by atoms with E-state index in [4.69, 9.17) is 9.84 Å². The summed E-state index contributed by atoms with van der Waals surface area (Å²) in [5.41, 5.74) is 1.30. The summed E-state index contributed by atoms with van der Waals surface area (Å²) in [7, 11) is 1.58. The Balaban J connectivity index is 2.46. The molecule has 0 spiro atoms. The number of aromatic hydroxyl groups is 1. The van der Waals surface area contributed by atoms with E-state index in [1.807, 2.05) is 6.92 Å². The molecule has 0 amide bonds. The second kappa shape index (κ2) is 6.00. The van der Waals surface area contributed by atoms with Gasteiger partial charge in [-0.2, -0.15) is 9.49 Å². The highest BCUT2D eigenvalue weighted by molar-refractivity contribution is 5.67. The maximum atomic E-state index is 13.9. The summed E-state index contributed by atoms with van der Waals surface area (Å²) >= 11 is 0. The van der Waals surface area contributed by atoms with E-state index >= 15 is 0 Å². The van der Waals surface area contributed by atoms with Gasteiger partial charge in [0.1, 0.15) is 0 Å². The molecule has 1 aromatic carbocycles. The highest BCUT2D eigenvalue weighted by Gasteiger charge is 2.18. The lowest BCUT2D eigenvalue weighted by molar-refractivity contribution is 0.183. The van der Waals surface area contributed by atoms with Crippen molar-refractivity contribution in [2.75, 3.05) is 13.7 Å².